The van der Waals surface area contributed by atoms with Crippen LogP contribution < -0.4 is 37.2 Å². The molecule has 0 aromatic heterocycles. The van der Waals surface area contributed by atoms with Gasteiger partial charge in [0.1, 0.15) is 36.3 Å². The van der Waals surface area contributed by atoms with E-state index in [1.54, 1.807) is 0 Å². The van der Waals surface area contributed by atoms with E-state index in [1.165, 1.54) is 12.8 Å². The fourth-order valence-corrected chi connectivity index (χ4v) is 6.50. The number of carbonyl (C=O) groups is 9. The number of aliphatic hydroxyl groups excluding tert-OH is 5. The molecule has 31 nitrogen and oxygen atoms in total. The molecule has 71 heavy (non-hydrogen) atoms. The van der Waals surface area contributed by atoms with Crippen molar-refractivity contribution in [3.63, 3.8) is 0 Å². The van der Waals surface area contributed by atoms with Gasteiger partial charge in [0.05, 0.1) is 38.4 Å². The Kier molecular flexibility index (Phi) is 33.0. The summed E-state index contributed by atoms with van der Waals surface area (Å²) in [5, 5.41) is 128. The topological polar surface area (TPSA) is 497 Å². The van der Waals surface area contributed by atoms with E-state index < -0.39 is 147 Å². The van der Waals surface area contributed by atoms with Gasteiger partial charge in [-0.1, -0.05) is 74.4 Å². The molecule has 7 amide bonds. The molecule has 0 aliphatic carbocycles. The summed E-state index contributed by atoms with van der Waals surface area (Å²) in [6.07, 6.45) is 2.34. The quantitative estimate of drug-likeness (QED) is 0.0120. The predicted molar refractivity (Wildman–Crippen MR) is 238 cm³/mol. The summed E-state index contributed by atoms with van der Waals surface area (Å²) >= 11 is 0. The summed E-state index contributed by atoms with van der Waals surface area (Å²) in [7, 11) is 0. The summed E-state index contributed by atoms with van der Waals surface area (Å²) in [6.45, 7) is -1.26. The third-order valence-electron chi connectivity index (χ3n) is 10.5. The van der Waals surface area contributed by atoms with Gasteiger partial charge in [-0.2, -0.15) is 0 Å². The Hall–Kier alpha value is -6.57. The average Bonchev–Trinajstić information content (AvgIpc) is 3.32. The van der Waals surface area contributed by atoms with Crippen molar-refractivity contribution in [1.82, 2.24) is 37.2 Å². The lowest BCUT2D eigenvalue weighted by Gasteiger charge is -2.28. The number of hydrogen-bond acceptors (Lipinski definition) is 18. The van der Waals surface area contributed by atoms with Gasteiger partial charge in [0, 0.05) is 12.8 Å². The van der Waals surface area contributed by atoms with Crippen LogP contribution in [0.1, 0.15) is 110 Å². The van der Waals surface area contributed by atoms with Gasteiger partial charge in [0.2, 0.25) is 41.4 Å². The highest BCUT2D eigenvalue weighted by molar-refractivity contribution is 5.98. The second-order valence-corrected chi connectivity index (χ2v) is 16.4. The molecule has 0 unspecified atom stereocenters. The van der Waals surface area contributed by atoms with Crippen LogP contribution in [0.5, 0.6) is 0 Å². The molecule has 0 aliphatic rings. The molecule has 0 aliphatic heterocycles. The van der Waals surface area contributed by atoms with Crippen LogP contribution in [0.2, 0.25) is 0 Å². The largest absolute Gasteiger partial charge is 0.597 e. The second-order valence-electron chi connectivity index (χ2n) is 16.4. The predicted octanol–water partition coefficient (Wildman–Crippen LogP) is -4.16. The normalized spacial score (nSPS) is 15.5. The lowest BCUT2D eigenvalue weighted by Crippen LogP contribution is -2.63. The van der Waals surface area contributed by atoms with Crippen LogP contribution in [0.3, 0.4) is 0 Å². The Morgan fingerprint density at radius 3 is 1.44 bits per heavy atom. The third kappa shape index (κ3) is 27.4. The van der Waals surface area contributed by atoms with Gasteiger partial charge in [-0.05, 0) is 26.2 Å². The first kappa shape index (κ1) is 64.4. The highest BCUT2D eigenvalue weighted by atomic mass is 16.6. The molecule has 0 heterocycles. The van der Waals surface area contributed by atoms with Crippen molar-refractivity contribution in [1.29, 1.82) is 0 Å². The average molecular weight is 1030 g/mol. The van der Waals surface area contributed by atoms with E-state index in [2.05, 4.69) is 33.4 Å². The van der Waals surface area contributed by atoms with Crippen molar-refractivity contribution in [2.24, 2.45) is 10.6 Å². The molecule has 406 valence electrons. The van der Waals surface area contributed by atoms with Crippen molar-refractivity contribution in [2.45, 2.75) is 165 Å². The zero-order valence-corrected chi connectivity index (χ0v) is 39.6. The maximum Gasteiger partial charge on any atom is 0.335 e. The van der Waals surface area contributed by atoms with E-state index in [-0.39, 0.29) is 35.4 Å². The Morgan fingerprint density at radius 2 is 0.958 bits per heavy atom. The highest BCUT2D eigenvalue weighted by Gasteiger charge is 2.38. The summed E-state index contributed by atoms with van der Waals surface area (Å²) in [4.78, 5) is 114. The molecule has 0 saturated heterocycles. The third-order valence-corrected chi connectivity index (χ3v) is 10.5. The van der Waals surface area contributed by atoms with Crippen LogP contribution in [-0.2, 0) is 43.2 Å². The molecule has 0 spiro atoms. The minimum absolute atomic E-state index is 0.167. The molecule has 0 saturated carbocycles. The summed E-state index contributed by atoms with van der Waals surface area (Å²) < 4.78 is 0. The standard InChI is InChI=1S/C40H71N11O20/c1-3-4-5-6-7-8-9-10-11-14-24(55)19-29(56)41-20-30(57)46-32(33(58)40(66)67)38(63)45-28(22-53)36(61)47-31(23(2)54)37(62)42-25(15-12-17-50(70)48-68)34(59)44-27(21-52)35(60)43-26(39(64)65)16-13-18-51(71)49-69/h23-28,31-33,52-55,58,68-69H,3-22H2,1-2H3,(H,41,56)(H,42,62)(H,43,60)(H,44,59)(H,45,63)(H,46,57)(H,47,61)(H,64,65)(H,66,67)/t23-,24-,25-,26-,27+,28+,31-,32-,33-/m1/s1. The molecular formula is C40H71N11O20. The number of hydrogen-bond donors (Lipinski definition) is 16. The monoisotopic (exact) mass is 1030 g/mol. The van der Waals surface area contributed by atoms with Crippen LogP contribution >= 0.6 is 0 Å². The molecule has 31 heteroatoms. The Morgan fingerprint density at radius 1 is 0.521 bits per heavy atom. The molecule has 0 bridgehead atoms. The minimum atomic E-state index is -2.67. The second kappa shape index (κ2) is 36.4. The van der Waals surface area contributed by atoms with Crippen molar-refractivity contribution < 1.29 is 99.0 Å². The molecule has 0 radical (unpaired) electrons. The maximum atomic E-state index is 13.5. The lowest BCUT2D eigenvalue weighted by molar-refractivity contribution is -0.556. The van der Waals surface area contributed by atoms with Gasteiger partial charge in [-0.25, -0.2) is 9.59 Å². The fourth-order valence-electron chi connectivity index (χ4n) is 6.50. The Balaban J connectivity index is 5.85. The molecule has 0 fully saturated rings. The van der Waals surface area contributed by atoms with E-state index in [1.807, 2.05) is 21.3 Å². The van der Waals surface area contributed by atoms with E-state index in [0.717, 1.165) is 45.4 Å². The zero-order chi connectivity index (χ0) is 54.1. The maximum absolute atomic E-state index is 13.5. The number of carboxylic acid groups (broad SMARTS) is 2. The van der Waals surface area contributed by atoms with Gasteiger partial charge >= 0.3 is 11.9 Å². The molecule has 0 aromatic rings. The molecular weight excluding hydrogens is 954 g/mol. The van der Waals surface area contributed by atoms with Crippen molar-refractivity contribution in [3.05, 3.63) is 10.4 Å². The first-order valence-corrected chi connectivity index (χ1v) is 23.0. The lowest BCUT2D eigenvalue weighted by atomic mass is 10.0. The first-order chi connectivity index (χ1) is 33.6. The van der Waals surface area contributed by atoms with Crippen LogP contribution in [0.15, 0.2) is 10.6 Å². The number of unbranched alkanes of at least 4 members (excludes halogenated alkanes) is 8. The number of nitrogens with zero attached hydrogens (tertiary/aromatic N) is 4. The SMILES string of the molecule is CCCCCCCCCCC[C@@H](O)CC(=O)NCC(=O)N[C@@H](C(=O)N[C@@H](CO)C(=O)N[C@@H](C(=O)N[C@H](CCC[N+]([O-])=NO)C(=O)N[C@@H](CO)C(=O)N[C@H](CCC[N+]([O-])=NO)C(=O)O)[C@@H](C)O)[C@@H](O)C(=O)O. The number of carbonyl (C=O) groups excluding carboxylic acids is 7. The van der Waals surface area contributed by atoms with Gasteiger partial charge in [-0.3, -0.25) is 33.6 Å². The van der Waals surface area contributed by atoms with Gasteiger partial charge in [0.15, 0.2) is 29.7 Å². The number of hydroxylamine groups is 2. The fraction of sp³-hybridized carbons (Fsp3) is 0.775. The van der Waals surface area contributed by atoms with Crippen LogP contribution in [0, 0.1) is 10.4 Å². The van der Waals surface area contributed by atoms with Crippen LogP contribution in [-0.4, -0.2) is 197 Å². The van der Waals surface area contributed by atoms with E-state index >= 15 is 0 Å². The van der Waals surface area contributed by atoms with E-state index in [0.29, 0.717) is 12.8 Å². The Bertz CT molecular complexity index is 1770. The highest BCUT2D eigenvalue weighted by Crippen LogP contribution is 2.13. The molecule has 0 rings (SSSR count). The molecule has 0 aromatic carbocycles. The van der Waals surface area contributed by atoms with E-state index in [9.17, 15) is 89.3 Å². The number of nitrogens with one attached hydrogen (secondary N) is 7. The van der Waals surface area contributed by atoms with Gasteiger partial charge < -0.3 is 93.8 Å². The van der Waals surface area contributed by atoms with E-state index in [4.69, 9.17) is 10.4 Å². The Labute approximate surface area is 407 Å². The zero-order valence-electron chi connectivity index (χ0n) is 39.6. The summed E-state index contributed by atoms with van der Waals surface area (Å²) in [5.74, 6) is -12.5. The minimum Gasteiger partial charge on any atom is -0.597 e. The summed E-state index contributed by atoms with van der Waals surface area (Å²) in [5.41, 5.74) is 0. The number of carboxylic acids is 2. The van der Waals surface area contributed by atoms with Crippen LogP contribution in [0.4, 0.5) is 0 Å². The van der Waals surface area contributed by atoms with Crippen LogP contribution in [0.25, 0.3) is 0 Å². The molecule has 9 atom stereocenters. The van der Waals surface area contributed by atoms with Crippen molar-refractivity contribution in [2.75, 3.05) is 32.8 Å². The summed E-state index contributed by atoms with van der Waals surface area (Å²) in [6, 6.07) is -11.9. The van der Waals surface area contributed by atoms with Crippen molar-refractivity contribution in [3.8, 4) is 0 Å². The molecule has 16 N–H and O–H groups in total. The number of amides is 7. The van der Waals surface area contributed by atoms with Gasteiger partial charge in [0.25, 0.3) is 0 Å². The number of rotatable bonds is 39. The number of aliphatic carboxylic acids is 2. The van der Waals surface area contributed by atoms with Crippen molar-refractivity contribution >= 4 is 53.3 Å². The number of aliphatic hydroxyl groups is 5. The van der Waals surface area contributed by atoms with Gasteiger partial charge in [-0.15, -0.1) is 0 Å². The first-order valence-electron chi connectivity index (χ1n) is 23.0. The smallest absolute Gasteiger partial charge is 0.335 e.